The summed E-state index contributed by atoms with van der Waals surface area (Å²) < 4.78 is 5.86. The van der Waals surface area contributed by atoms with Crippen LogP contribution in [0.15, 0.2) is 0 Å². The van der Waals surface area contributed by atoms with E-state index in [4.69, 9.17) is 4.74 Å². The van der Waals surface area contributed by atoms with Crippen molar-refractivity contribution in [3.05, 3.63) is 0 Å². The molecule has 5 saturated carbocycles. The van der Waals surface area contributed by atoms with Crippen LogP contribution in [-0.2, 0) is 14.3 Å². The van der Waals surface area contributed by atoms with Crippen LogP contribution in [0.5, 0.6) is 0 Å². The minimum atomic E-state index is -0.318. The van der Waals surface area contributed by atoms with E-state index in [0.29, 0.717) is 24.4 Å². The molecule has 1 N–H and O–H groups in total. The second kappa shape index (κ2) is 6.03. The topological polar surface area (TPSA) is 55.4 Å². The van der Waals surface area contributed by atoms with E-state index in [1.54, 1.807) is 6.92 Å². The van der Waals surface area contributed by atoms with Crippen LogP contribution >= 0.6 is 0 Å². The molecular formula is C20H31NO3. The summed E-state index contributed by atoms with van der Waals surface area (Å²) in [5.41, 5.74) is -0.457. The van der Waals surface area contributed by atoms with E-state index >= 15 is 0 Å². The Hall–Kier alpha value is -1.06. The van der Waals surface area contributed by atoms with Gasteiger partial charge < -0.3 is 10.1 Å². The predicted octanol–water partition coefficient (Wildman–Crippen LogP) is 3.59. The Kier molecular flexibility index (Phi) is 4.12. The fourth-order valence-corrected chi connectivity index (χ4v) is 6.72. The first kappa shape index (κ1) is 16.4. The molecule has 0 aromatic rings. The van der Waals surface area contributed by atoms with Crippen LogP contribution in [0.4, 0.5) is 0 Å². The van der Waals surface area contributed by atoms with E-state index in [0.717, 1.165) is 32.1 Å². The molecule has 4 nitrogen and oxygen atoms in total. The lowest BCUT2D eigenvalue weighted by atomic mass is 9.47. The van der Waals surface area contributed by atoms with Gasteiger partial charge >= 0.3 is 5.97 Å². The lowest BCUT2D eigenvalue weighted by molar-refractivity contribution is -0.177. The lowest BCUT2D eigenvalue weighted by Gasteiger charge is -2.60. The van der Waals surface area contributed by atoms with E-state index in [1.807, 2.05) is 0 Å². The van der Waals surface area contributed by atoms with E-state index < -0.39 is 0 Å². The monoisotopic (exact) mass is 333 g/mol. The maximum atomic E-state index is 13.0. The van der Waals surface area contributed by atoms with Crippen LogP contribution in [0.3, 0.4) is 0 Å². The molecule has 1 amide bonds. The van der Waals surface area contributed by atoms with Crippen molar-refractivity contribution in [2.45, 2.75) is 83.1 Å². The van der Waals surface area contributed by atoms with Gasteiger partial charge in [-0.1, -0.05) is 19.3 Å². The average molecular weight is 333 g/mol. The number of amides is 1. The number of hydrogen-bond acceptors (Lipinski definition) is 3. The summed E-state index contributed by atoms with van der Waals surface area (Å²) in [6.07, 6.45) is 12.4. The van der Waals surface area contributed by atoms with E-state index in [9.17, 15) is 9.59 Å². The minimum absolute atomic E-state index is 0.0388. The van der Waals surface area contributed by atoms with Gasteiger partial charge in [-0.15, -0.1) is 0 Å². The van der Waals surface area contributed by atoms with Crippen molar-refractivity contribution in [1.29, 1.82) is 0 Å². The first-order valence-corrected chi connectivity index (χ1v) is 9.95. The standard InChI is InChI=1S/C20H31NO3/c1-14(22)21-20-10-16-7-17(11-20)9-19(8-16,13-20)18(23)24-12-15-5-3-2-4-6-15/h15-17H,2-13H2,1H3,(H,21,22)/t16-,17-,19?,20?/m0/s1. The number of carbonyl (C=O) groups is 2. The summed E-state index contributed by atoms with van der Waals surface area (Å²) in [4.78, 5) is 24.7. The fraction of sp³-hybridized carbons (Fsp3) is 0.900. The molecule has 134 valence electrons. The molecule has 5 rings (SSSR count). The van der Waals surface area contributed by atoms with E-state index in [2.05, 4.69) is 5.32 Å². The highest BCUT2D eigenvalue weighted by Gasteiger charge is 2.61. The van der Waals surface area contributed by atoms with Gasteiger partial charge in [-0.05, 0) is 69.1 Å². The molecule has 5 aliphatic carbocycles. The van der Waals surface area contributed by atoms with Crippen LogP contribution in [0.1, 0.15) is 77.6 Å². The highest BCUT2D eigenvalue weighted by Crippen LogP contribution is 2.62. The number of ether oxygens (including phenoxy) is 1. The Balaban J connectivity index is 1.45. The van der Waals surface area contributed by atoms with Crippen LogP contribution in [-0.4, -0.2) is 24.0 Å². The molecule has 0 saturated heterocycles. The first-order valence-electron chi connectivity index (χ1n) is 9.95. The van der Waals surface area contributed by atoms with Crippen LogP contribution in [0.2, 0.25) is 0 Å². The summed E-state index contributed by atoms with van der Waals surface area (Å²) in [7, 11) is 0. The normalized spacial score (nSPS) is 41.2. The molecular weight excluding hydrogens is 302 g/mol. The van der Waals surface area contributed by atoms with Crippen molar-refractivity contribution in [1.82, 2.24) is 5.32 Å². The lowest BCUT2D eigenvalue weighted by Crippen LogP contribution is -2.64. The molecule has 5 aliphatic rings. The van der Waals surface area contributed by atoms with Gasteiger partial charge in [0.1, 0.15) is 0 Å². The number of carbonyl (C=O) groups excluding carboxylic acids is 2. The molecule has 0 unspecified atom stereocenters. The predicted molar refractivity (Wildman–Crippen MR) is 91.2 cm³/mol. The van der Waals surface area contributed by atoms with Gasteiger partial charge in [-0.2, -0.15) is 0 Å². The molecule has 0 aliphatic heterocycles. The molecule has 0 radical (unpaired) electrons. The highest BCUT2D eigenvalue weighted by atomic mass is 16.5. The van der Waals surface area contributed by atoms with Gasteiger partial charge in [-0.3, -0.25) is 9.59 Å². The molecule has 24 heavy (non-hydrogen) atoms. The van der Waals surface area contributed by atoms with Gasteiger partial charge in [-0.25, -0.2) is 0 Å². The molecule has 0 aromatic carbocycles. The maximum absolute atomic E-state index is 13.0. The summed E-state index contributed by atoms with van der Waals surface area (Å²) in [6, 6.07) is 0. The van der Waals surface area contributed by atoms with Crippen LogP contribution < -0.4 is 5.32 Å². The summed E-state index contributed by atoms with van der Waals surface area (Å²) in [5.74, 6) is 1.82. The van der Waals surface area contributed by atoms with Crippen molar-refractivity contribution in [3.63, 3.8) is 0 Å². The van der Waals surface area contributed by atoms with Crippen molar-refractivity contribution in [2.24, 2.45) is 23.2 Å². The minimum Gasteiger partial charge on any atom is -0.465 e. The Morgan fingerprint density at radius 3 is 2.33 bits per heavy atom. The van der Waals surface area contributed by atoms with Gasteiger partial charge in [0.15, 0.2) is 0 Å². The fourth-order valence-electron chi connectivity index (χ4n) is 6.72. The summed E-state index contributed by atoms with van der Waals surface area (Å²) in [6.45, 7) is 2.22. The molecule has 2 atom stereocenters. The van der Waals surface area contributed by atoms with Gasteiger partial charge in [0.2, 0.25) is 5.91 Å². The zero-order valence-electron chi connectivity index (χ0n) is 14.9. The molecule has 0 spiro atoms. The van der Waals surface area contributed by atoms with E-state index in [1.165, 1.54) is 38.5 Å². The quantitative estimate of drug-likeness (QED) is 0.800. The zero-order valence-corrected chi connectivity index (χ0v) is 14.9. The van der Waals surface area contributed by atoms with Gasteiger partial charge in [0.25, 0.3) is 0 Å². The number of esters is 1. The number of rotatable bonds is 4. The molecule has 4 heteroatoms. The zero-order chi connectivity index (χ0) is 16.8. The molecule has 0 aromatic heterocycles. The third-order valence-electron chi connectivity index (χ3n) is 7.11. The number of hydrogen-bond donors (Lipinski definition) is 1. The second-order valence-corrected chi connectivity index (χ2v) is 9.31. The Morgan fingerprint density at radius 2 is 1.71 bits per heavy atom. The summed E-state index contributed by atoms with van der Waals surface area (Å²) in [5, 5.41) is 3.23. The first-order chi connectivity index (χ1) is 11.5. The van der Waals surface area contributed by atoms with Gasteiger partial charge in [0, 0.05) is 12.5 Å². The van der Waals surface area contributed by atoms with Crippen molar-refractivity contribution in [2.75, 3.05) is 6.61 Å². The van der Waals surface area contributed by atoms with E-state index in [-0.39, 0.29) is 22.8 Å². The SMILES string of the molecule is CC(=O)NC12C[C@H]3C[C@H](C1)CC(C(=O)OCC1CCCCC1)(C3)C2. The Morgan fingerprint density at radius 1 is 1.04 bits per heavy atom. The average Bonchev–Trinajstić information content (AvgIpc) is 2.51. The van der Waals surface area contributed by atoms with Crippen molar-refractivity contribution >= 4 is 11.9 Å². The third-order valence-corrected chi connectivity index (χ3v) is 7.11. The molecule has 0 heterocycles. The van der Waals surface area contributed by atoms with Crippen LogP contribution in [0.25, 0.3) is 0 Å². The molecule has 4 bridgehead atoms. The Labute approximate surface area is 145 Å². The van der Waals surface area contributed by atoms with Crippen molar-refractivity contribution < 1.29 is 14.3 Å². The highest BCUT2D eigenvalue weighted by molar-refractivity contribution is 5.79. The number of nitrogens with one attached hydrogen (secondary N) is 1. The Bertz CT molecular complexity index is 509. The maximum Gasteiger partial charge on any atom is 0.312 e. The summed E-state index contributed by atoms with van der Waals surface area (Å²) >= 11 is 0. The molecule has 5 fully saturated rings. The smallest absolute Gasteiger partial charge is 0.312 e. The van der Waals surface area contributed by atoms with Gasteiger partial charge in [0.05, 0.1) is 12.0 Å². The third kappa shape index (κ3) is 2.97. The van der Waals surface area contributed by atoms with Crippen LogP contribution in [0, 0.1) is 23.2 Å². The second-order valence-electron chi connectivity index (χ2n) is 9.31. The largest absolute Gasteiger partial charge is 0.465 e. The van der Waals surface area contributed by atoms with Crippen molar-refractivity contribution in [3.8, 4) is 0 Å².